The number of ether oxygens (including phenoxy) is 1. The zero-order chi connectivity index (χ0) is 20.1. The van der Waals surface area contributed by atoms with Crippen LogP contribution in [0.3, 0.4) is 0 Å². The smallest absolute Gasteiger partial charge is 0.341 e. The molecule has 0 bridgehead atoms. The molecule has 3 N–H and O–H groups in total. The lowest BCUT2D eigenvalue weighted by Crippen LogP contribution is -2.28. The Bertz CT molecular complexity index is 659. The molecule has 0 saturated heterocycles. The first-order valence-corrected chi connectivity index (χ1v) is 10.8. The van der Waals surface area contributed by atoms with Crippen molar-refractivity contribution < 1.29 is 24.9 Å². The van der Waals surface area contributed by atoms with Gasteiger partial charge in [-0.25, -0.2) is 4.79 Å². The molecule has 0 aliphatic heterocycles. The molecule has 172 valence electrons. The van der Waals surface area contributed by atoms with E-state index in [1.165, 1.54) is 5.56 Å². The molecule has 30 heavy (non-hydrogen) atoms. The average Bonchev–Trinajstić information content (AvgIpc) is 2.97. The Morgan fingerprint density at radius 2 is 1.97 bits per heavy atom. The third kappa shape index (κ3) is 6.45. The molecule has 0 unspecified atom stereocenters. The number of benzene rings is 1. The van der Waals surface area contributed by atoms with E-state index < -0.39 is 5.97 Å². The second-order valence-corrected chi connectivity index (χ2v) is 8.60. The molecule has 0 amide bonds. The van der Waals surface area contributed by atoms with Gasteiger partial charge in [-0.05, 0) is 73.5 Å². The number of carboxylic acids is 1. The van der Waals surface area contributed by atoms with E-state index in [2.05, 4.69) is 13.0 Å². The fourth-order valence-corrected chi connectivity index (χ4v) is 5.24. The van der Waals surface area contributed by atoms with E-state index in [4.69, 9.17) is 9.84 Å². The summed E-state index contributed by atoms with van der Waals surface area (Å²) in [6.45, 7) is 1.84. The summed E-state index contributed by atoms with van der Waals surface area (Å²) >= 11 is 0. The molecular weight excluding hydrogens is 380 g/mol. The van der Waals surface area contributed by atoms with Crippen molar-refractivity contribution in [3.8, 4) is 5.75 Å². The molecule has 5 heteroatoms. The highest BCUT2D eigenvalue weighted by Crippen LogP contribution is 2.48. The largest absolute Gasteiger partial charge is 0.482 e. The number of aliphatic carboxylic acids is 1. The maximum absolute atomic E-state index is 10.8. The quantitative estimate of drug-likeness (QED) is 0.469. The van der Waals surface area contributed by atoms with Crippen molar-refractivity contribution in [1.29, 1.82) is 0 Å². The van der Waals surface area contributed by atoms with E-state index >= 15 is 0 Å². The molecule has 5 atom stereocenters. The van der Waals surface area contributed by atoms with Gasteiger partial charge < -0.3 is 20.1 Å². The molecule has 2 aliphatic carbocycles. The summed E-state index contributed by atoms with van der Waals surface area (Å²) in [5.74, 6) is 0.768. The van der Waals surface area contributed by atoms with Gasteiger partial charge in [-0.15, -0.1) is 0 Å². The van der Waals surface area contributed by atoms with Crippen LogP contribution < -0.4 is 4.74 Å². The number of carbonyl (C=O) groups is 1. The van der Waals surface area contributed by atoms with Gasteiger partial charge in [0.25, 0.3) is 0 Å². The molecule has 1 fully saturated rings. The van der Waals surface area contributed by atoms with E-state index in [1.54, 1.807) is 0 Å². The van der Waals surface area contributed by atoms with Gasteiger partial charge in [0.05, 0.1) is 12.2 Å². The van der Waals surface area contributed by atoms with E-state index in [0.29, 0.717) is 17.6 Å². The van der Waals surface area contributed by atoms with Crippen LogP contribution in [-0.2, 0) is 17.6 Å². The number of hydrogen-bond donors (Lipinski definition) is 3. The van der Waals surface area contributed by atoms with Crippen LogP contribution >= 0.6 is 0 Å². The third-order valence-electron chi connectivity index (χ3n) is 6.67. The summed E-state index contributed by atoms with van der Waals surface area (Å²) in [5, 5.41) is 29.8. The van der Waals surface area contributed by atoms with Crippen LogP contribution in [-0.4, -0.2) is 40.1 Å². The second kappa shape index (κ2) is 12.3. The first-order valence-electron chi connectivity index (χ1n) is 10.8. The van der Waals surface area contributed by atoms with Gasteiger partial charge in [0, 0.05) is 0 Å². The van der Waals surface area contributed by atoms with Gasteiger partial charge in [0.1, 0.15) is 5.75 Å². The van der Waals surface area contributed by atoms with E-state index in [9.17, 15) is 15.0 Å². The van der Waals surface area contributed by atoms with Crippen molar-refractivity contribution >= 4 is 5.97 Å². The lowest BCUT2D eigenvalue weighted by Gasteiger charge is -2.32. The van der Waals surface area contributed by atoms with Crippen molar-refractivity contribution in [2.45, 2.75) is 91.8 Å². The summed E-state index contributed by atoms with van der Waals surface area (Å²) < 4.78 is 5.50. The normalized spacial score (nSPS) is 25.3. The Morgan fingerprint density at radius 3 is 2.67 bits per heavy atom. The number of rotatable bonds is 10. The van der Waals surface area contributed by atoms with E-state index in [0.717, 1.165) is 63.4 Å². The first kappa shape index (κ1) is 26.4. The number of hydrogen-bond acceptors (Lipinski definition) is 4. The van der Waals surface area contributed by atoms with Crippen LogP contribution in [0.5, 0.6) is 5.75 Å². The molecule has 0 aromatic heterocycles. The fourth-order valence-electron chi connectivity index (χ4n) is 5.24. The molecule has 0 radical (unpaired) electrons. The minimum absolute atomic E-state index is 0. The highest BCUT2D eigenvalue weighted by molar-refractivity contribution is 5.68. The highest BCUT2D eigenvalue weighted by Gasteiger charge is 2.44. The van der Waals surface area contributed by atoms with Crippen molar-refractivity contribution in [1.82, 2.24) is 0 Å². The van der Waals surface area contributed by atoms with Crippen LogP contribution in [0.4, 0.5) is 0 Å². The van der Waals surface area contributed by atoms with Gasteiger partial charge in [0.2, 0.25) is 0 Å². The topological polar surface area (TPSA) is 87.0 Å². The average molecular weight is 423 g/mol. The Morgan fingerprint density at radius 1 is 1.20 bits per heavy atom. The molecule has 0 spiro atoms. The lowest BCUT2D eigenvalue weighted by molar-refractivity contribution is -0.139. The van der Waals surface area contributed by atoms with E-state index in [1.807, 2.05) is 12.1 Å². The monoisotopic (exact) mass is 422 g/mol. The SMILES string of the molecule is C.C.CCCCC[C@H](O)CC[C@@H]1[C@H]2Cc3cccc(OCC(=O)O)c3C[C@H]2C[C@H]1O. The summed E-state index contributed by atoms with van der Waals surface area (Å²) in [4.78, 5) is 10.8. The molecule has 2 aliphatic rings. The second-order valence-electron chi connectivity index (χ2n) is 8.60. The molecule has 0 heterocycles. The van der Waals surface area contributed by atoms with Crippen molar-refractivity contribution in [3.63, 3.8) is 0 Å². The number of unbranched alkanes of at least 4 members (excludes halogenated alkanes) is 2. The number of fused-ring (bicyclic) bond motifs is 2. The zero-order valence-corrected chi connectivity index (χ0v) is 16.8. The van der Waals surface area contributed by atoms with Crippen molar-refractivity contribution in [2.75, 3.05) is 6.61 Å². The first-order chi connectivity index (χ1) is 13.5. The van der Waals surface area contributed by atoms with Crippen molar-refractivity contribution in [2.24, 2.45) is 17.8 Å². The molecule has 1 aromatic carbocycles. The summed E-state index contributed by atoms with van der Waals surface area (Å²) in [7, 11) is 0. The molecular formula is C25H42O5. The minimum atomic E-state index is -0.972. The third-order valence-corrected chi connectivity index (χ3v) is 6.67. The molecule has 1 aromatic rings. The van der Waals surface area contributed by atoms with Gasteiger partial charge in [0.15, 0.2) is 6.61 Å². The Kier molecular flexibility index (Phi) is 10.9. The predicted octanol–water partition coefficient (Wildman–Crippen LogP) is 4.86. The summed E-state index contributed by atoms with van der Waals surface area (Å²) in [5.41, 5.74) is 2.32. The zero-order valence-electron chi connectivity index (χ0n) is 16.8. The fraction of sp³-hybridized carbons (Fsp3) is 0.720. The predicted molar refractivity (Wildman–Crippen MR) is 121 cm³/mol. The lowest BCUT2D eigenvalue weighted by atomic mass is 9.73. The minimum Gasteiger partial charge on any atom is -0.482 e. The Labute approximate surface area is 182 Å². The Hall–Kier alpha value is -1.59. The molecule has 1 saturated carbocycles. The standard InChI is InChI=1S/C23H34O5.2CH4/c1-2-3-4-7-17(24)9-10-18-19-11-15-6-5-8-22(28-14-23(26)27)20(15)12-16(19)13-21(18)25;;/h5-6,8,16-19,21,24-25H,2-4,7,9-14H2,1H3,(H,26,27);2*1H4/t16-,17-,18+,19-,21+;;/m0../s1. The van der Waals surface area contributed by atoms with E-state index in [-0.39, 0.29) is 39.6 Å². The number of aliphatic hydroxyl groups is 2. The number of aliphatic hydroxyl groups excluding tert-OH is 2. The van der Waals surface area contributed by atoms with Crippen LogP contribution in [0, 0.1) is 17.8 Å². The Balaban J connectivity index is 0.00000225. The summed E-state index contributed by atoms with van der Waals surface area (Å²) in [6.07, 6.45) is 7.85. The van der Waals surface area contributed by atoms with Crippen LogP contribution in [0.1, 0.15) is 77.8 Å². The molecule has 3 rings (SSSR count). The van der Waals surface area contributed by atoms with Crippen LogP contribution in [0.2, 0.25) is 0 Å². The highest BCUT2D eigenvalue weighted by atomic mass is 16.5. The van der Waals surface area contributed by atoms with Crippen LogP contribution in [0.25, 0.3) is 0 Å². The maximum atomic E-state index is 10.8. The molecule has 5 nitrogen and oxygen atoms in total. The maximum Gasteiger partial charge on any atom is 0.341 e. The van der Waals surface area contributed by atoms with Gasteiger partial charge in [-0.1, -0.05) is 53.2 Å². The van der Waals surface area contributed by atoms with Gasteiger partial charge in [-0.2, -0.15) is 0 Å². The van der Waals surface area contributed by atoms with Crippen LogP contribution in [0.15, 0.2) is 18.2 Å². The summed E-state index contributed by atoms with van der Waals surface area (Å²) in [6, 6.07) is 5.87. The number of carboxylic acid groups (broad SMARTS) is 1. The van der Waals surface area contributed by atoms with Gasteiger partial charge in [-0.3, -0.25) is 0 Å². The van der Waals surface area contributed by atoms with Gasteiger partial charge >= 0.3 is 5.97 Å². The van der Waals surface area contributed by atoms with Crippen molar-refractivity contribution in [3.05, 3.63) is 29.3 Å².